The van der Waals surface area contributed by atoms with Crippen molar-refractivity contribution in [3.63, 3.8) is 0 Å². The van der Waals surface area contributed by atoms with Crippen LogP contribution >= 0.6 is 0 Å². The number of unbranched alkanes of at least 4 members (excludes halogenated alkanes) is 4. The second kappa shape index (κ2) is 10.3. The molecule has 0 saturated carbocycles. The molecular formula is C17H26O3. The van der Waals surface area contributed by atoms with Crippen LogP contribution in [0, 0.1) is 0 Å². The van der Waals surface area contributed by atoms with Crippen LogP contribution < -0.4 is 4.74 Å². The molecule has 0 bridgehead atoms. The highest BCUT2D eigenvalue weighted by molar-refractivity contribution is 5.66. The fourth-order valence-electron chi connectivity index (χ4n) is 2.11. The molecule has 0 radical (unpaired) electrons. The number of carboxylic acid groups (broad SMARTS) is 1. The lowest BCUT2D eigenvalue weighted by molar-refractivity contribution is -0.137. The summed E-state index contributed by atoms with van der Waals surface area (Å²) in [5, 5.41) is 8.54. The van der Waals surface area contributed by atoms with E-state index in [0.29, 0.717) is 6.61 Å². The van der Waals surface area contributed by atoms with Gasteiger partial charge in [0.2, 0.25) is 0 Å². The van der Waals surface area contributed by atoms with Crippen molar-refractivity contribution in [2.75, 3.05) is 6.61 Å². The van der Waals surface area contributed by atoms with E-state index in [-0.39, 0.29) is 6.42 Å². The molecule has 112 valence electrons. The van der Waals surface area contributed by atoms with Crippen molar-refractivity contribution < 1.29 is 14.6 Å². The molecule has 0 unspecified atom stereocenters. The van der Waals surface area contributed by atoms with E-state index in [1.54, 1.807) is 0 Å². The SMILES string of the molecule is CCCCCc1cccc(OCCCCCC(=O)O)c1. The first-order valence-electron chi connectivity index (χ1n) is 7.66. The molecule has 0 spiro atoms. The van der Waals surface area contributed by atoms with Crippen LogP contribution in [0.4, 0.5) is 0 Å². The van der Waals surface area contributed by atoms with Crippen molar-refractivity contribution in [1.29, 1.82) is 0 Å². The van der Waals surface area contributed by atoms with Crippen LogP contribution in [0.5, 0.6) is 5.75 Å². The zero-order valence-corrected chi connectivity index (χ0v) is 12.4. The van der Waals surface area contributed by atoms with Crippen molar-refractivity contribution in [3.05, 3.63) is 29.8 Å². The van der Waals surface area contributed by atoms with Crippen LogP contribution in [0.15, 0.2) is 24.3 Å². The molecule has 0 aliphatic heterocycles. The summed E-state index contributed by atoms with van der Waals surface area (Å²) in [5.74, 6) is 0.211. The Morgan fingerprint density at radius 3 is 2.75 bits per heavy atom. The molecule has 1 rings (SSSR count). The lowest BCUT2D eigenvalue weighted by atomic mass is 10.1. The zero-order chi connectivity index (χ0) is 14.6. The standard InChI is InChI=1S/C17H26O3/c1-2-3-5-9-15-10-8-11-16(14-15)20-13-7-4-6-12-17(18)19/h8,10-11,14H,2-7,9,12-13H2,1H3,(H,18,19). The van der Waals surface area contributed by atoms with Crippen molar-refractivity contribution in [2.45, 2.75) is 58.3 Å². The van der Waals surface area contributed by atoms with Gasteiger partial charge >= 0.3 is 5.97 Å². The molecule has 1 N–H and O–H groups in total. The highest BCUT2D eigenvalue weighted by Crippen LogP contribution is 2.16. The fourth-order valence-corrected chi connectivity index (χ4v) is 2.11. The smallest absolute Gasteiger partial charge is 0.303 e. The molecule has 0 heterocycles. The molecule has 1 aromatic carbocycles. The number of hydrogen-bond acceptors (Lipinski definition) is 2. The van der Waals surface area contributed by atoms with Crippen LogP contribution in [-0.2, 0) is 11.2 Å². The van der Waals surface area contributed by atoms with E-state index < -0.39 is 5.97 Å². The Morgan fingerprint density at radius 2 is 2.00 bits per heavy atom. The van der Waals surface area contributed by atoms with Crippen molar-refractivity contribution in [2.24, 2.45) is 0 Å². The minimum atomic E-state index is -0.717. The summed E-state index contributed by atoms with van der Waals surface area (Å²) in [7, 11) is 0. The number of rotatable bonds is 11. The molecular weight excluding hydrogens is 252 g/mol. The van der Waals surface area contributed by atoms with Crippen molar-refractivity contribution in [3.8, 4) is 5.75 Å². The average Bonchev–Trinajstić information content (AvgIpc) is 2.43. The van der Waals surface area contributed by atoms with Crippen LogP contribution in [0.2, 0.25) is 0 Å². The summed E-state index contributed by atoms with van der Waals surface area (Å²) < 4.78 is 5.71. The normalized spacial score (nSPS) is 10.4. The Balaban J connectivity index is 2.19. The summed E-state index contributed by atoms with van der Waals surface area (Å²) in [6.45, 7) is 2.88. The molecule has 0 atom stereocenters. The van der Waals surface area contributed by atoms with E-state index in [0.717, 1.165) is 31.4 Å². The Bertz CT molecular complexity index is 388. The van der Waals surface area contributed by atoms with Crippen LogP contribution in [0.25, 0.3) is 0 Å². The Hall–Kier alpha value is -1.51. The van der Waals surface area contributed by atoms with E-state index >= 15 is 0 Å². The summed E-state index contributed by atoms with van der Waals surface area (Å²) in [6.07, 6.45) is 7.67. The van der Waals surface area contributed by atoms with Gasteiger partial charge in [0.15, 0.2) is 0 Å². The lowest BCUT2D eigenvalue weighted by Gasteiger charge is -2.08. The Labute approximate surface area is 122 Å². The highest BCUT2D eigenvalue weighted by Gasteiger charge is 1.99. The maximum Gasteiger partial charge on any atom is 0.303 e. The molecule has 0 saturated heterocycles. The predicted molar refractivity (Wildman–Crippen MR) is 81.3 cm³/mol. The topological polar surface area (TPSA) is 46.5 Å². The predicted octanol–water partition coefficient (Wildman–Crippen LogP) is 4.44. The lowest BCUT2D eigenvalue weighted by Crippen LogP contribution is -1.99. The van der Waals surface area contributed by atoms with Crippen molar-refractivity contribution >= 4 is 5.97 Å². The maximum absolute atomic E-state index is 10.4. The molecule has 0 aliphatic rings. The van der Waals surface area contributed by atoms with E-state index in [1.807, 2.05) is 12.1 Å². The molecule has 1 aromatic rings. The summed E-state index contributed by atoms with van der Waals surface area (Å²) >= 11 is 0. The molecule has 20 heavy (non-hydrogen) atoms. The minimum absolute atomic E-state index is 0.257. The summed E-state index contributed by atoms with van der Waals surface area (Å²) in [4.78, 5) is 10.4. The van der Waals surface area contributed by atoms with Gasteiger partial charge in [-0.1, -0.05) is 31.9 Å². The van der Waals surface area contributed by atoms with Crippen LogP contribution in [0.3, 0.4) is 0 Å². The minimum Gasteiger partial charge on any atom is -0.494 e. The van der Waals surface area contributed by atoms with E-state index in [2.05, 4.69) is 19.1 Å². The molecule has 3 heteroatoms. The molecule has 0 aliphatic carbocycles. The van der Waals surface area contributed by atoms with Gasteiger partial charge in [-0.15, -0.1) is 0 Å². The van der Waals surface area contributed by atoms with E-state index in [9.17, 15) is 4.79 Å². The second-order valence-corrected chi connectivity index (χ2v) is 5.16. The van der Waals surface area contributed by atoms with Crippen LogP contribution in [0.1, 0.15) is 57.4 Å². The molecule has 3 nitrogen and oxygen atoms in total. The van der Waals surface area contributed by atoms with Gasteiger partial charge in [0.05, 0.1) is 6.61 Å². The maximum atomic E-state index is 10.4. The first-order valence-corrected chi connectivity index (χ1v) is 7.66. The fraction of sp³-hybridized carbons (Fsp3) is 0.588. The third kappa shape index (κ3) is 7.82. The largest absolute Gasteiger partial charge is 0.494 e. The second-order valence-electron chi connectivity index (χ2n) is 5.16. The van der Waals surface area contributed by atoms with Gasteiger partial charge in [-0.3, -0.25) is 4.79 Å². The van der Waals surface area contributed by atoms with E-state index in [4.69, 9.17) is 9.84 Å². The Kier molecular flexibility index (Phi) is 8.52. The number of carbonyl (C=O) groups is 1. The van der Waals surface area contributed by atoms with Gasteiger partial charge in [-0.25, -0.2) is 0 Å². The van der Waals surface area contributed by atoms with Gasteiger partial charge < -0.3 is 9.84 Å². The van der Waals surface area contributed by atoms with Gasteiger partial charge in [-0.05, 0) is 49.8 Å². The zero-order valence-electron chi connectivity index (χ0n) is 12.4. The van der Waals surface area contributed by atoms with Gasteiger partial charge in [0.1, 0.15) is 5.75 Å². The van der Waals surface area contributed by atoms with Gasteiger partial charge in [0, 0.05) is 6.42 Å². The number of benzene rings is 1. The number of aliphatic carboxylic acids is 1. The first-order chi connectivity index (χ1) is 9.72. The third-order valence-electron chi connectivity index (χ3n) is 3.27. The number of hydrogen-bond donors (Lipinski definition) is 1. The first kappa shape index (κ1) is 16.5. The molecule has 0 aromatic heterocycles. The van der Waals surface area contributed by atoms with Crippen LogP contribution in [-0.4, -0.2) is 17.7 Å². The Morgan fingerprint density at radius 1 is 1.15 bits per heavy atom. The molecule has 0 fully saturated rings. The number of ether oxygens (including phenoxy) is 1. The van der Waals surface area contributed by atoms with E-state index in [1.165, 1.54) is 24.8 Å². The summed E-state index contributed by atoms with van der Waals surface area (Å²) in [5.41, 5.74) is 1.34. The monoisotopic (exact) mass is 278 g/mol. The van der Waals surface area contributed by atoms with Gasteiger partial charge in [0.25, 0.3) is 0 Å². The van der Waals surface area contributed by atoms with Gasteiger partial charge in [-0.2, -0.15) is 0 Å². The number of carboxylic acids is 1. The number of aryl methyl sites for hydroxylation is 1. The quantitative estimate of drug-likeness (QED) is 0.608. The average molecular weight is 278 g/mol. The molecule has 0 amide bonds. The summed E-state index contributed by atoms with van der Waals surface area (Å²) in [6, 6.07) is 8.30. The van der Waals surface area contributed by atoms with Crippen molar-refractivity contribution in [1.82, 2.24) is 0 Å². The highest BCUT2D eigenvalue weighted by atomic mass is 16.5. The third-order valence-corrected chi connectivity index (χ3v) is 3.27.